The van der Waals surface area contributed by atoms with Crippen LogP contribution in [-0.4, -0.2) is 19.1 Å². The Morgan fingerprint density at radius 2 is 2.06 bits per heavy atom. The highest BCUT2D eigenvalue weighted by molar-refractivity contribution is 5.79. The molecule has 1 rings (SSSR count). The van der Waals surface area contributed by atoms with E-state index in [-0.39, 0.29) is 12.5 Å². The zero-order valence-corrected chi connectivity index (χ0v) is 9.96. The molecule has 0 atom stereocenters. The molecule has 1 aromatic carbocycles. The average Bonchev–Trinajstić information content (AvgIpc) is 2.21. The number of carbonyl (C=O) groups is 1. The maximum absolute atomic E-state index is 10.7. The third-order valence-electron chi connectivity index (χ3n) is 2.27. The predicted octanol–water partition coefficient (Wildman–Crippen LogP) is 1.60. The van der Waals surface area contributed by atoms with Crippen molar-refractivity contribution in [3.8, 4) is 5.75 Å². The predicted molar refractivity (Wildman–Crippen MR) is 64.8 cm³/mol. The van der Waals surface area contributed by atoms with Gasteiger partial charge in [-0.2, -0.15) is 0 Å². The summed E-state index contributed by atoms with van der Waals surface area (Å²) in [6.45, 7) is 6.68. The van der Waals surface area contributed by atoms with Gasteiger partial charge >= 0.3 is 0 Å². The van der Waals surface area contributed by atoms with Gasteiger partial charge in [0, 0.05) is 5.69 Å². The molecule has 0 bridgehead atoms. The van der Waals surface area contributed by atoms with E-state index < -0.39 is 0 Å². The van der Waals surface area contributed by atoms with Crippen molar-refractivity contribution >= 4 is 11.6 Å². The quantitative estimate of drug-likeness (QED) is 0.795. The van der Waals surface area contributed by atoms with Crippen LogP contribution in [0.15, 0.2) is 12.1 Å². The molecule has 1 amide bonds. The number of rotatable bonds is 5. The van der Waals surface area contributed by atoms with E-state index in [2.05, 4.69) is 5.32 Å². The number of carbonyl (C=O) groups excluding carboxylic acids is 1. The Morgan fingerprint density at radius 3 is 2.62 bits per heavy atom. The summed E-state index contributed by atoms with van der Waals surface area (Å²) in [4.78, 5) is 10.7. The number of aryl methyl sites for hydroxylation is 2. The Hall–Kier alpha value is -1.71. The molecule has 4 heteroatoms. The highest BCUT2D eigenvalue weighted by atomic mass is 16.5. The number of nitrogens with two attached hydrogens (primary N) is 1. The van der Waals surface area contributed by atoms with Crippen molar-refractivity contribution < 1.29 is 9.53 Å². The van der Waals surface area contributed by atoms with E-state index in [9.17, 15) is 4.79 Å². The number of amides is 1. The van der Waals surface area contributed by atoms with Crippen molar-refractivity contribution in [1.82, 2.24) is 0 Å². The summed E-state index contributed by atoms with van der Waals surface area (Å²) in [5.74, 6) is 0.510. The van der Waals surface area contributed by atoms with Crippen LogP contribution in [0.25, 0.3) is 0 Å². The van der Waals surface area contributed by atoms with E-state index in [0.717, 1.165) is 22.6 Å². The molecule has 0 saturated carbocycles. The smallest absolute Gasteiger partial charge is 0.236 e. The molecule has 0 aliphatic heterocycles. The molecule has 0 unspecified atom stereocenters. The standard InChI is InChI=1S/C12H18N2O2/c1-4-16-11-6-8(2)10(5-9(11)3)14-7-12(13)15/h5-6,14H,4,7H2,1-3H3,(H2,13,15). The van der Waals surface area contributed by atoms with Crippen LogP contribution < -0.4 is 15.8 Å². The number of primary amides is 1. The fourth-order valence-corrected chi connectivity index (χ4v) is 1.47. The second-order valence-corrected chi connectivity index (χ2v) is 3.69. The number of anilines is 1. The second-order valence-electron chi connectivity index (χ2n) is 3.69. The number of hydrogen-bond acceptors (Lipinski definition) is 3. The Morgan fingerprint density at radius 1 is 1.38 bits per heavy atom. The van der Waals surface area contributed by atoms with Gasteiger partial charge in [0.05, 0.1) is 13.2 Å². The first kappa shape index (κ1) is 12.4. The van der Waals surface area contributed by atoms with Gasteiger partial charge in [-0.15, -0.1) is 0 Å². The summed E-state index contributed by atoms with van der Waals surface area (Å²) in [6, 6.07) is 3.92. The molecular formula is C12H18N2O2. The van der Waals surface area contributed by atoms with Crippen molar-refractivity contribution in [3.63, 3.8) is 0 Å². The van der Waals surface area contributed by atoms with Crippen molar-refractivity contribution in [2.45, 2.75) is 20.8 Å². The molecule has 0 aliphatic carbocycles. The Bertz CT molecular complexity index is 389. The zero-order valence-electron chi connectivity index (χ0n) is 9.96. The second kappa shape index (κ2) is 5.39. The summed E-state index contributed by atoms with van der Waals surface area (Å²) in [5, 5.41) is 2.99. The van der Waals surface area contributed by atoms with Crippen molar-refractivity contribution in [1.29, 1.82) is 0 Å². The van der Waals surface area contributed by atoms with Crippen molar-refractivity contribution in [2.75, 3.05) is 18.5 Å². The third kappa shape index (κ3) is 3.15. The minimum absolute atomic E-state index is 0.147. The zero-order chi connectivity index (χ0) is 12.1. The fraction of sp³-hybridized carbons (Fsp3) is 0.417. The van der Waals surface area contributed by atoms with Gasteiger partial charge in [-0.3, -0.25) is 4.79 Å². The van der Waals surface area contributed by atoms with Gasteiger partial charge in [0.2, 0.25) is 5.91 Å². The van der Waals surface area contributed by atoms with Crippen LogP contribution in [0.4, 0.5) is 5.69 Å². The minimum Gasteiger partial charge on any atom is -0.494 e. The van der Waals surface area contributed by atoms with E-state index in [1.807, 2.05) is 32.9 Å². The molecule has 0 aromatic heterocycles. The van der Waals surface area contributed by atoms with Gasteiger partial charge in [0.1, 0.15) is 5.75 Å². The van der Waals surface area contributed by atoms with Gasteiger partial charge in [-0.05, 0) is 44.0 Å². The number of benzene rings is 1. The summed E-state index contributed by atoms with van der Waals surface area (Å²) in [6.07, 6.45) is 0. The van der Waals surface area contributed by atoms with E-state index in [1.54, 1.807) is 0 Å². The summed E-state index contributed by atoms with van der Waals surface area (Å²) < 4.78 is 5.48. The normalized spacial score (nSPS) is 9.94. The van der Waals surface area contributed by atoms with E-state index in [4.69, 9.17) is 10.5 Å². The molecule has 88 valence electrons. The van der Waals surface area contributed by atoms with E-state index in [1.165, 1.54) is 0 Å². The number of ether oxygens (including phenoxy) is 1. The molecule has 4 nitrogen and oxygen atoms in total. The Labute approximate surface area is 95.8 Å². The van der Waals surface area contributed by atoms with Gasteiger partial charge in [0.25, 0.3) is 0 Å². The lowest BCUT2D eigenvalue weighted by Gasteiger charge is -2.13. The highest BCUT2D eigenvalue weighted by Gasteiger charge is 2.05. The first-order chi connectivity index (χ1) is 7.54. The summed E-state index contributed by atoms with van der Waals surface area (Å²) in [5.41, 5.74) is 8.07. The molecule has 0 radical (unpaired) electrons. The fourth-order valence-electron chi connectivity index (χ4n) is 1.47. The van der Waals surface area contributed by atoms with Crippen LogP contribution >= 0.6 is 0 Å². The molecule has 0 fully saturated rings. The highest BCUT2D eigenvalue weighted by Crippen LogP contribution is 2.26. The van der Waals surface area contributed by atoms with Gasteiger partial charge in [0.15, 0.2) is 0 Å². The Balaban J connectivity index is 2.87. The van der Waals surface area contributed by atoms with Crippen molar-refractivity contribution in [3.05, 3.63) is 23.3 Å². The molecule has 1 aromatic rings. The largest absolute Gasteiger partial charge is 0.494 e. The minimum atomic E-state index is -0.370. The van der Waals surface area contributed by atoms with Gasteiger partial charge in [-0.25, -0.2) is 0 Å². The average molecular weight is 222 g/mol. The summed E-state index contributed by atoms with van der Waals surface area (Å²) in [7, 11) is 0. The lowest BCUT2D eigenvalue weighted by molar-refractivity contribution is -0.116. The summed E-state index contributed by atoms with van der Waals surface area (Å²) >= 11 is 0. The van der Waals surface area contributed by atoms with Crippen LogP contribution in [0.5, 0.6) is 5.75 Å². The SMILES string of the molecule is CCOc1cc(C)c(NCC(N)=O)cc1C. The maximum Gasteiger partial charge on any atom is 0.236 e. The van der Waals surface area contributed by atoms with Crippen LogP contribution in [-0.2, 0) is 4.79 Å². The lowest BCUT2D eigenvalue weighted by Crippen LogP contribution is -2.22. The first-order valence-corrected chi connectivity index (χ1v) is 5.30. The van der Waals surface area contributed by atoms with Crippen molar-refractivity contribution in [2.24, 2.45) is 5.73 Å². The van der Waals surface area contributed by atoms with E-state index >= 15 is 0 Å². The first-order valence-electron chi connectivity index (χ1n) is 5.30. The number of nitrogens with one attached hydrogen (secondary N) is 1. The monoisotopic (exact) mass is 222 g/mol. The molecule has 0 heterocycles. The molecule has 3 N–H and O–H groups in total. The Kier molecular flexibility index (Phi) is 4.17. The number of hydrogen-bond donors (Lipinski definition) is 2. The van der Waals surface area contributed by atoms with Crippen LogP contribution in [0, 0.1) is 13.8 Å². The third-order valence-corrected chi connectivity index (χ3v) is 2.27. The maximum atomic E-state index is 10.7. The van der Waals surface area contributed by atoms with Gasteiger partial charge < -0.3 is 15.8 Å². The van der Waals surface area contributed by atoms with Crippen LogP contribution in [0.2, 0.25) is 0 Å². The molecule has 0 saturated heterocycles. The van der Waals surface area contributed by atoms with Crippen LogP contribution in [0.1, 0.15) is 18.1 Å². The molecule has 0 spiro atoms. The van der Waals surface area contributed by atoms with E-state index in [0.29, 0.717) is 6.61 Å². The van der Waals surface area contributed by atoms with Crippen LogP contribution in [0.3, 0.4) is 0 Å². The lowest BCUT2D eigenvalue weighted by atomic mass is 10.1. The molecule has 16 heavy (non-hydrogen) atoms. The topological polar surface area (TPSA) is 64.3 Å². The molecule has 0 aliphatic rings. The van der Waals surface area contributed by atoms with Gasteiger partial charge in [-0.1, -0.05) is 0 Å². The molecular weight excluding hydrogens is 204 g/mol.